The minimum atomic E-state index is -1.10. The zero-order valence-corrected chi connectivity index (χ0v) is 22.4. The monoisotopic (exact) mass is 573 g/mol. The molecular formula is C27H23N7O8. The van der Waals surface area contributed by atoms with Crippen LogP contribution in [0.3, 0.4) is 0 Å². The van der Waals surface area contributed by atoms with E-state index in [1.54, 1.807) is 68.0 Å². The van der Waals surface area contributed by atoms with E-state index in [9.17, 15) is 34.6 Å². The lowest BCUT2D eigenvalue weighted by atomic mass is 10.1. The number of nitrogens with zero attached hydrogens (tertiary/aromatic N) is 5. The smallest absolute Gasteiger partial charge is 0.329 e. The maximum atomic E-state index is 13.0. The predicted octanol–water partition coefficient (Wildman–Crippen LogP) is 3.57. The van der Waals surface area contributed by atoms with Crippen LogP contribution in [0.25, 0.3) is 5.69 Å². The van der Waals surface area contributed by atoms with Gasteiger partial charge in [0.05, 0.1) is 33.0 Å². The van der Waals surface area contributed by atoms with Gasteiger partial charge < -0.3 is 10.1 Å². The summed E-state index contributed by atoms with van der Waals surface area (Å²) < 4.78 is 8.44. The number of anilines is 1. The molecule has 4 rings (SSSR count). The van der Waals surface area contributed by atoms with Gasteiger partial charge in [-0.15, -0.1) is 0 Å². The number of para-hydroxylation sites is 1. The lowest BCUT2D eigenvalue weighted by Gasteiger charge is -2.08. The Morgan fingerprint density at radius 2 is 1.60 bits per heavy atom. The van der Waals surface area contributed by atoms with E-state index < -0.39 is 38.6 Å². The van der Waals surface area contributed by atoms with Gasteiger partial charge in [-0.2, -0.15) is 5.10 Å². The van der Waals surface area contributed by atoms with E-state index in [1.807, 2.05) is 0 Å². The van der Waals surface area contributed by atoms with Gasteiger partial charge in [0, 0.05) is 13.1 Å². The molecule has 4 aromatic rings. The Labute approximate surface area is 236 Å². The number of non-ortho nitro benzene ring substituents is 1. The van der Waals surface area contributed by atoms with Crippen LogP contribution >= 0.6 is 0 Å². The Bertz CT molecular complexity index is 1790. The maximum absolute atomic E-state index is 13.0. The first-order valence-electron chi connectivity index (χ1n) is 12.2. The third-order valence-corrected chi connectivity index (χ3v) is 6.17. The van der Waals surface area contributed by atoms with Gasteiger partial charge in [-0.25, -0.2) is 10.1 Å². The molecule has 0 aliphatic rings. The van der Waals surface area contributed by atoms with Crippen LogP contribution in [0.5, 0.6) is 11.5 Å². The number of rotatable bonds is 8. The van der Waals surface area contributed by atoms with Gasteiger partial charge >= 0.3 is 17.5 Å². The van der Waals surface area contributed by atoms with Crippen LogP contribution in [0, 0.1) is 27.2 Å². The van der Waals surface area contributed by atoms with Crippen LogP contribution in [0.1, 0.15) is 18.2 Å². The fourth-order valence-electron chi connectivity index (χ4n) is 3.87. The molecule has 15 nitrogen and oxygen atoms in total. The van der Waals surface area contributed by atoms with Crippen molar-refractivity contribution in [3.8, 4) is 17.2 Å². The number of ether oxygens (including phenoxy) is 1. The number of aromatic nitrogens is 2. The van der Waals surface area contributed by atoms with Crippen molar-refractivity contribution >= 4 is 34.6 Å². The molecule has 0 unspecified atom stereocenters. The summed E-state index contributed by atoms with van der Waals surface area (Å²) in [5, 5.41) is 28.5. The van der Waals surface area contributed by atoms with Gasteiger partial charge in [-0.1, -0.05) is 18.2 Å². The molecule has 0 atom stereocenters. The van der Waals surface area contributed by atoms with Crippen molar-refractivity contribution in [1.82, 2.24) is 14.8 Å². The number of amides is 2. The molecule has 0 bridgehead atoms. The Balaban J connectivity index is 1.42. The van der Waals surface area contributed by atoms with Gasteiger partial charge in [0.25, 0.3) is 11.2 Å². The normalized spacial score (nSPS) is 11.1. The molecule has 15 heteroatoms. The van der Waals surface area contributed by atoms with Crippen molar-refractivity contribution in [2.75, 3.05) is 5.32 Å². The summed E-state index contributed by atoms with van der Waals surface area (Å²) in [4.78, 5) is 58.6. The average molecular weight is 574 g/mol. The van der Waals surface area contributed by atoms with Crippen LogP contribution in [0.2, 0.25) is 0 Å². The molecule has 0 radical (unpaired) electrons. The quantitative estimate of drug-likeness (QED) is 0.138. The van der Waals surface area contributed by atoms with Crippen LogP contribution < -0.4 is 21.0 Å². The number of nitro groups is 2. The van der Waals surface area contributed by atoms with E-state index in [1.165, 1.54) is 16.8 Å². The maximum Gasteiger partial charge on any atom is 0.329 e. The second kappa shape index (κ2) is 12.0. The minimum Gasteiger partial charge on any atom is -0.450 e. The van der Waals surface area contributed by atoms with Gasteiger partial charge in [0.2, 0.25) is 5.75 Å². The molecule has 0 fully saturated rings. The number of carbonyl (C=O) groups excluding carboxylic acids is 2. The third-order valence-electron chi connectivity index (χ3n) is 6.17. The second-order valence-corrected chi connectivity index (χ2v) is 8.82. The number of carbonyl (C=O) groups is 2. The lowest BCUT2D eigenvalue weighted by Crippen LogP contribution is -2.34. The van der Waals surface area contributed by atoms with Crippen LogP contribution in [0.4, 0.5) is 17.1 Å². The lowest BCUT2D eigenvalue weighted by molar-refractivity contribution is -0.394. The Hall–Kier alpha value is -6.12. The topological polar surface area (TPSA) is 193 Å². The van der Waals surface area contributed by atoms with E-state index in [0.29, 0.717) is 22.7 Å². The Morgan fingerprint density at radius 3 is 2.21 bits per heavy atom. The Morgan fingerprint density at radius 1 is 0.929 bits per heavy atom. The average Bonchev–Trinajstić information content (AvgIpc) is 3.19. The van der Waals surface area contributed by atoms with Crippen LogP contribution in [-0.2, 0) is 16.6 Å². The van der Waals surface area contributed by atoms with Crippen molar-refractivity contribution in [2.45, 2.75) is 13.8 Å². The highest BCUT2D eigenvalue weighted by molar-refractivity contribution is 6.39. The number of nitro benzene ring substituents is 2. The van der Waals surface area contributed by atoms with Gasteiger partial charge in [-0.05, 0) is 61.9 Å². The molecule has 0 aliphatic carbocycles. The molecule has 214 valence electrons. The predicted molar refractivity (Wildman–Crippen MR) is 151 cm³/mol. The summed E-state index contributed by atoms with van der Waals surface area (Å²) in [6, 6.07) is 17.9. The zero-order valence-electron chi connectivity index (χ0n) is 22.4. The summed E-state index contributed by atoms with van der Waals surface area (Å²) >= 11 is 0. The number of hydrogen-bond acceptors (Lipinski definition) is 9. The number of nitrogens with one attached hydrogen (secondary N) is 2. The first-order chi connectivity index (χ1) is 20.0. The largest absolute Gasteiger partial charge is 0.450 e. The number of hydrazone groups is 1. The molecule has 42 heavy (non-hydrogen) atoms. The first kappa shape index (κ1) is 28.9. The molecule has 2 amide bonds. The fraction of sp³-hybridized carbons (Fsp3) is 0.111. The van der Waals surface area contributed by atoms with E-state index in [2.05, 4.69) is 15.8 Å². The highest BCUT2D eigenvalue weighted by Crippen LogP contribution is 2.34. The highest BCUT2D eigenvalue weighted by atomic mass is 16.6. The molecule has 2 N–H and O–H groups in total. The van der Waals surface area contributed by atoms with Gasteiger partial charge in [0.15, 0.2) is 0 Å². The molecule has 1 heterocycles. The summed E-state index contributed by atoms with van der Waals surface area (Å²) in [6.45, 7) is 3.19. The standard InChI is InChI=1S/C27H23N7O8/c1-16(18-9-12-21(13-10-18)42-23-14-11-20(33(38)39)15-22(23)34(40)41)29-30-26(36)25(35)28-24-17(2)31(3)32(27(24)37)19-7-5-4-6-8-19/h4-15H,1-3H3,(H,28,35)(H,30,36)/b29-16+. The SMILES string of the molecule is C/C(=N\NC(=O)C(=O)Nc1c(C)n(C)n(-c2ccccc2)c1=O)c1ccc(Oc2ccc([N+](=O)[O-])cc2[N+](=O)[O-])cc1. The molecule has 0 saturated heterocycles. The van der Waals surface area contributed by atoms with Crippen molar-refractivity contribution in [2.24, 2.45) is 12.1 Å². The summed E-state index contributed by atoms with van der Waals surface area (Å²) in [5.74, 6) is -2.18. The van der Waals surface area contributed by atoms with E-state index in [-0.39, 0.29) is 17.2 Å². The number of benzene rings is 3. The van der Waals surface area contributed by atoms with Crippen molar-refractivity contribution in [3.63, 3.8) is 0 Å². The molecule has 3 aromatic carbocycles. The van der Waals surface area contributed by atoms with E-state index in [4.69, 9.17) is 4.74 Å². The fourth-order valence-corrected chi connectivity index (χ4v) is 3.87. The first-order valence-corrected chi connectivity index (χ1v) is 12.2. The molecule has 0 aliphatic heterocycles. The van der Waals surface area contributed by atoms with Crippen molar-refractivity contribution in [1.29, 1.82) is 0 Å². The summed E-state index contributed by atoms with van der Waals surface area (Å²) in [6.07, 6.45) is 0. The minimum absolute atomic E-state index is 0.0500. The molecule has 0 saturated carbocycles. The van der Waals surface area contributed by atoms with E-state index in [0.717, 1.165) is 18.2 Å². The van der Waals surface area contributed by atoms with E-state index >= 15 is 0 Å². The van der Waals surface area contributed by atoms with Gasteiger partial charge in [-0.3, -0.25) is 39.3 Å². The summed E-state index contributed by atoms with van der Waals surface area (Å²) in [5.41, 5.74) is 2.41. The van der Waals surface area contributed by atoms with Crippen molar-refractivity contribution < 1.29 is 24.2 Å². The second-order valence-electron chi connectivity index (χ2n) is 8.82. The Kier molecular flexibility index (Phi) is 8.22. The zero-order chi connectivity index (χ0) is 30.6. The molecular weight excluding hydrogens is 550 g/mol. The highest BCUT2D eigenvalue weighted by Gasteiger charge is 2.23. The van der Waals surface area contributed by atoms with Crippen LogP contribution in [-0.4, -0.2) is 36.7 Å². The van der Waals surface area contributed by atoms with Gasteiger partial charge in [0.1, 0.15) is 11.4 Å². The summed E-state index contributed by atoms with van der Waals surface area (Å²) in [7, 11) is 1.65. The molecule has 0 spiro atoms. The van der Waals surface area contributed by atoms with Crippen molar-refractivity contribution in [3.05, 3.63) is 115 Å². The van der Waals surface area contributed by atoms with Crippen LogP contribution in [0.15, 0.2) is 82.7 Å². The number of hydrogen-bond donors (Lipinski definition) is 2. The third kappa shape index (κ3) is 6.04. The molecule has 1 aromatic heterocycles.